The molecule has 1 saturated heterocycles. The molecule has 1 aliphatic heterocycles. The minimum Gasteiger partial charge on any atom is -0.354 e. The monoisotopic (exact) mass is 220 g/mol. The van der Waals surface area contributed by atoms with E-state index in [0.29, 0.717) is 0 Å². The molecule has 0 unspecified atom stereocenters. The van der Waals surface area contributed by atoms with Crippen LogP contribution in [0.1, 0.15) is 24.2 Å². The summed E-state index contributed by atoms with van der Waals surface area (Å²) in [5.74, 6) is 1.07. The standard InChI is InChI=1S/C12H20N4/c1-9(13)11-3-4-12(15-10(11)2)16-7-5-14-6-8-16/h3-4,9,14H,5-8,13H2,1-2H3/t9-/m1/s1. The first kappa shape index (κ1) is 11.4. The quantitative estimate of drug-likeness (QED) is 0.775. The number of hydrogen-bond acceptors (Lipinski definition) is 4. The van der Waals surface area contributed by atoms with Crippen molar-refractivity contribution in [1.29, 1.82) is 0 Å². The van der Waals surface area contributed by atoms with Crippen molar-refractivity contribution in [1.82, 2.24) is 10.3 Å². The first-order valence-electron chi connectivity index (χ1n) is 5.87. The smallest absolute Gasteiger partial charge is 0.128 e. The van der Waals surface area contributed by atoms with Crippen LogP contribution in [-0.4, -0.2) is 31.2 Å². The van der Waals surface area contributed by atoms with E-state index < -0.39 is 0 Å². The van der Waals surface area contributed by atoms with Gasteiger partial charge in [-0.15, -0.1) is 0 Å². The highest BCUT2D eigenvalue weighted by atomic mass is 15.2. The van der Waals surface area contributed by atoms with E-state index in [4.69, 9.17) is 5.73 Å². The van der Waals surface area contributed by atoms with Crippen molar-refractivity contribution in [3.63, 3.8) is 0 Å². The topological polar surface area (TPSA) is 54.2 Å². The van der Waals surface area contributed by atoms with E-state index in [-0.39, 0.29) is 6.04 Å². The summed E-state index contributed by atoms with van der Waals surface area (Å²) >= 11 is 0. The maximum Gasteiger partial charge on any atom is 0.128 e. The molecule has 0 aromatic carbocycles. The molecule has 1 aromatic rings. The second kappa shape index (κ2) is 4.80. The van der Waals surface area contributed by atoms with Gasteiger partial charge in [0, 0.05) is 37.9 Å². The summed E-state index contributed by atoms with van der Waals surface area (Å²) in [5, 5.41) is 3.34. The number of piperazine rings is 1. The molecular formula is C12H20N4. The number of anilines is 1. The summed E-state index contributed by atoms with van der Waals surface area (Å²) in [6.45, 7) is 8.17. The van der Waals surface area contributed by atoms with Gasteiger partial charge in [-0.05, 0) is 25.5 Å². The number of nitrogens with zero attached hydrogens (tertiary/aromatic N) is 2. The van der Waals surface area contributed by atoms with Crippen molar-refractivity contribution in [3.8, 4) is 0 Å². The van der Waals surface area contributed by atoms with Crippen LogP contribution in [0.15, 0.2) is 12.1 Å². The molecule has 1 aliphatic rings. The molecular weight excluding hydrogens is 200 g/mol. The summed E-state index contributed by atoms with van der Waals surface area (Å²) in [5.41, 5.74) is 8.06. The Hall–Kier alpha value is -1.13. The Balaban J connectivity index is 2.19. The van der Waals surface area contributed by atoms with Crippen molar-refractivity contribution in [2.24, 2.45) is 5.73 Å². The van der Waals surface area contributed by atoms with E-state index in [1.165, 1.54) is 0 Å². The summed E-state index contributed by atoms with van der Waals surface area (Å²) in [4.78, 5) is 6.95. The van der Waals surface area contributed by atoms with Crippen molar-refractivity contribution in [3.05, 3.63) is 23.4 Å². The summed E-state index contributed by atoms with van der Waals surface area (Å²) in [6.07, 6.45) is 0. The van der Waals surface area contributed by atoms with E-state index >= 15 is 0 Å². The number of nitrogens with one attached hydrogen (secondary N) is 1. The Morgan fingerprint density at radius 1 is 1.38 bits per heavy atom. The van der Waals surface area contributed by atoms with Crippen LogP contribution in [0.4, 0.5) is 5.82 Å². The maximum atomic E-state index is 5.88. The van der Waals surface area contributed by atoms with Gasteiger partial charge in [0.1, 0.15) is 5.82 Å². The second-order valence-corrected chi connectivity index (χ2v) is 4.37. The molecule has 4 heteroatoms. The third-order valence-corrected chi connectivity index (χ3v) is 3.04. The number of rotatable bonds is 2. The third kappa shape index (κ3) is 2.33. The predicted octanol–water partition coefficient (Wildman–Crippen LogP) is 0.819. The summed E-state index contributed by atoms with van der Waals surface area (Å²) < 4.78 is 0. The molecule has 2 rings (SSSR count). The molecule has 2 heterocycles. The van der Waals surface area contributed by atoms with Crippen molar-refractivity contribution < 1.29 is 0 Å². The van der Waals surface area contributed by atoms with Gasteiger partial charge in [-0.1, -0.05) is 6.07 Å². The Morgan fingerprint density at radius 2 is 2.06 bits per heavy atom. The number of aromatic nitrogens is 1. The van der Waals surface area contributed by atoms with E-state index in [0.717, 1.165) is 43.3 Å². The van der Waals surface area contributed by atoms with Crippen LogP contribution in [0.25, 0.3) is 0 Å². The molecule has 1 aromatic heterocycles. The number of pyridine rings is 1. The molecule has 0 bridgehead atoms. The van der Waals surface area contributed by atoms with Crippen LogP contribution in [0.5, 0.6) is 0 Å². The third-order valence-electron chi connectivity index (χ3n) is 3.04. The molecule has 0 spiro atoms. The predicted molar refractivity (Wildman–Crippen MR) is 66.7 cm³/mol. The van der Waals surface area contributed by atoms with E-state index in [9.17, 15) is 0 Å². The molecule has 0 saturated carbocycles. The van der Waals surface area contributed by atoms with Gasteiger partial charge in [0.2, 0.25) is 0 Å². The number of hydrogen-bond donors (Lipinski definition) is 2. The number of aryl methyl sites for hydroxylation is 1. The Bertz CT molecular complexity index is 356. The molecule has 1 atom stereocenters. The molecule has 3 N–H and O–H groups in total. The minimum absolute atomic E-state index is 0.0598. The molecule has 4 nitrogen and oxygen atoms in total. The fraction of sp³-hybridized carbons (Fsp3) is 0.583. The van der Waals surface area contributed by atoms with Crippen LogP contribution in [-0.2, 0) is 0 Å². The highest BCUT2D eigenvalue weighted by molar-refractivity contribution is 5.42. The van der Waals surface area contributed by atoms with Crippen LogP contribution >= 0.6 is 0 Å². The van der Waals surface area contributed by atoms with Crippen LogP contribution in [0, 0.1) is 6.92 Å². The lowest BCUT2D eigenvalue weighted by atomic mass is 10.1. The van der Waals surface area contributed by atoms with Gasteiger partial charge >= 0.3 is 0 Å². The molecule has 0 aliphatic carbocycles. The average molecular weight is 220 g/mol. The van der Waals surface area contributed by atoms with Gasteiger partial charge in [0.15, 0.2) is 0 Å². The van der Waals surface area contributed by atoms with Crippen LogP contribution < -0.4 is 16.0 Å². The fourth-order valence-corrected chi connectivity index (χ4v) is 2.11. The zero-order valence-corrected chi connectivity index (χ0v) is 10.0. The lowest BCUT2D eigenvalue weighted by Crippen LogP contribution is -2.44. The molecule has 0 amide bonds. The van der Waals surface area contributed by atoms with E-state index in [2.05, 4.69) is 27.3 Å². The van der Waals surface area contributed by atoms with Crippen molar-refractivity contribution in [2.45, 2.75) is 19.9 Å². The zero-order valence-electron chi connectivity index (χ0n) is 10.0. The Morgan fingerprint density at radius 3 is 2.62 bits per heavy atom. The maximum absolute atomic E-state index is 5.88. The van der Waals surface area contributed by atoms with Gasteiger partial charge < -0.3 is 16.0 Å². The lowest BCUT2D eigenvalue weighted by Gasteiger charge is -2.29. The van der Waals surface area contributed by atoms with Crippen molar-refractivity contribution in [2.75, 3.05) is 31.1 Å². The highest BCUT2D eigenvalue weighted by Crippen LogP contribution is 2.18. The van der Waals surface area contributed by atoms with Gasteiger partial charge in [0.05, 0.1) is 0 Å². The summed E-state index contributed by atoms with van der Waals surface area (Å²) in [6, 6.07) is 4.24. The van der Waals surface area contributed by atoms with Gasteiger partial charge in [-0.2, -0.15) is 0 Å². The van der Waals surface area contributed by atoms with Crippen LogP contribution in [0.3, 0.4) is 0 Å². The molecule has 88 valence electrons. The SMILES string of the molecule is Cc1nc(N2CCNCC2)ccc1[C@@H](C)N. The second-order valence-electron chi connectivity index (χ2n) is 4.37. The van der Waals surface area contributed by atoms with Crippen molar-refractivity contribution >= 4 is 5.82 Å². The fourth-order valence-electron chi connectivity index (χ4n) is 2.11. The normalized spacial score (nSPS) is 18.6. The van der Waals surface area contributed by atoms with E-state index in [1.54, 1.807) is 0 Å². The minimum atomic E-state index is 0.0598. The first-order chi connectivity index (χ1) is 7.68. The molecule has 16 heavy (non-hydrogen) atoms. The zero-order chi connectivity index (χ0) is 11.5. The summed E-state index contributed by atoms with van der Waals surface area (Å²) in [7, 11) is 0. The van der Waals surface area contributed by atoms with Gasteiger partial charge in [0.25, 0.3) is 0 Å². The van der Waals surface area contributed by atoms with Gasteiger partial charge in [-0.25, -0.2) is 4.98 Å². The van der Waals surface area contributed by atoms with Gasteiger partial charge in [-0.3, -0.25) is 0 Å². The largest absolute Gasteiger partial charge is 0.354 e. The average Bonchev–Trinajstić information content (AvgIpc) is 2.29. The first-order valence-corrected chi connectivity index (χ1v) is 5.87. The van der Waals surface area contributed by atoms with E-state index in [1.807, 2.05) is 13.8 Å². The lowest BCUT2D eigenvalue weighted by molar-refractivity contribution is 0.584. The molecule has 1 fully saturated rings. The van der Waals surface area contributed by atoms with Crippen LogP contribution in [0.2, 0.25) is 0 Å². The molecule has 0 radical (unpaired) electrons. The Kier molecular flexibility index (Phi) is 3.41. The number of nitrogens with two attached hydrogens (primary N) is 1. The Labute approximate surface area is 96.8 Å². The highest BCUT2D eigenvalue weighted by Gasteiger charge is 2.13.